The monoisotopic (exact) mass is 1820 g/mol. The minimum atomic E-state index is -1.13. The number of ether oxygens (including phenoxy) is 2. The maximum absolute atomic E-state index is 13.1. The molecule has 0 radical (unpaired) electrons. The summed E-state index contributed by atoms with van der Waals surface area (Å²) in [4.78, 5) is 71.9. The van der Waals surface area contributed by atoms with E-state index in [4.69, 9.17) is 9.47 Å². The molecule has 0 bridgehead atoms. The van der Waals surface area contributed by atoms with Crippen LogP contribution in [0.1, 0.15) is 255 Å². The minimum Gasteiger partial charge on any atom is -0.490 e. The SMILES string of the molecule is CC(C)C1CCC(c2ccc(-c3ccc4c(c3)OCCN4C(=O)Nc3ccccc3)cc2)CC1.CCC1CCC(c2ccc(-[n+]3ccc4c(c3)OC(C)C(=O)N4C(=O)Nc3ccccc3)cc2)CC1.CCC1CCC(c2ccc(-c3ccc4c(c3)CCCN4C(=O)C(O)c3ccccc3)cc2)CC1.CCC1CCC(c2ccc(N3CCc4c(cccc4C(=O)Nc4ccccc4)C3)cc2)CC1. The van der Waals surface area contributed by atoms with Crippen LogP contribution in [0.5, 0.6) is 11.5 Å². The number of para-hydroxylation sites is 3. The van der Waals surface area contributed by atoms with Gasteiger partial charge in [0.25, 0.3) is 17.7 Å². The Balaban J connectivity index is 0.000000126. The van der Waals surface area contributed by atoms with Crippen LogP contribution < -0.4 is 49.6 Å². The number of carbonyl (C=O) groups excluding carboxylic acids is 5. The number of urea groups is 2. The first-order valence-corrected chi connectivity index (χ1v) is 50.6. The van der Waals surface area contributed by atoms with E-state index in [-0.39, 0.29) is 17.8 Å². The summed E-state index contributed by atoms with van der Waals surface area (Å²) in [6.45, 7) is 16.8. The highest BCUT2D eigenvalue weighted by Gasteiger charge is 2.39. The molecule has 4 aliphatic carbocycles. The maximum Gasteiger partial charge on any atom is 0.333 e. The van der Waals surface area contributed by atoms with Crippen molar-refractivity contribution in [2.75, 3.05) is 61.8 Å². The largest absolute Gasteiger partial charge is 0.490 e. The molecule has 20 rings (SSSR count). The predicted molar refractivity (Wildman–Crippen MR) is 552 cm³/mol. The number of nitrogens with one attached hydrogen (secondary N) is 3. The number of pyridine rings is 1. The lowest BCUT2D eigenvalue weighted by atomic mass is 9.74. The molecule has 0 saturated heterocycles. The lowest BCUT2D eigenvalue weighted by molar-refractivity contribution is -0.596. The average Bonchev–Trinajstić information content (AvgIpc) is 0.771. The van der Waals surface area contributed by atoms with Crippen molar-refractivity contribution in [3.05, 3.63) is 342 Å². The van der Waals surface area contributed by atoms with Gasteiger partial charge in [-0.1, -0.05) is 236 Å². The smallest absolute Gasteiger partial charge is 0.333 e. The van der Waals surface area contributed by atoms with E-state index in [1.54, 1.807) is 47.1 Å². The van der Waals surface area contributed by atoms with Gasteiger partial charge in [0.2, 0.25) is 17.6 Å². The Bertz CT molecular complexity index is 5990. The van der Waals surface area contributed by atoms with Crippen LogP contribution in [0.15, 0.2) is 291 Å². The molecule has 16 nitrogen and oxygen atoms in total. The second-order valence-corrected chi connectivity index (χ2v) is 39.2. The quantitative estimate of drug-likeness (QED) is 0.0609. The molecule has 1 aromatic heterocycles. The Kier molecular flexibility index (Phi) is 31.5. The standard InChI is InChI=1S/C31H35NO2.C30H34N2O2.C30H34N2O.C29H31N3O3/c1-2-22-10-12-23(13-11-22)24-14-16-25(17-15-24)27-18-19-29-28(21-27)9-6-20-32(29)31(34)30(33)26-7-4-3-5-8-26;1-21(2)22-8-10-23(11-9-22)24-12-14-25(15-13-24)26-16-17-28-29(20-26)34-19-18-32(28)30(33)31-27-6-4-3-5-7-27;1-2-22-11-13-23(14-12-22)24-15-17-27(18-16-24)32-20-19-28-25(21-32)7-6-10-29(28)30(33)31-26-8-4-3-5-9-26;1-3-21-9-11-22(12-10-21)23-13-15-25(16-14-23)31-18-17-26-27(19-31)35-20(2)28(33)32(26)29(34)30-24-7-5-4-6-8-24/h3-5,7-8,14-19,21-23,30,33H,2,6,9-13,20H2,1H3;3-7,12-17,20-23H,8-11,18-19H2,1-2H3,(H,31,33);3-10,15-18,22-23H,2,11-14,19-21H2,1H3,(H,31,33);4-8,13-22H,3,9-12H2,1-2H3/p+1. The number of fused-ring (bicyclic) bond motifs is 4. The van der Waals surface area contributed by atoms with Crippen LogP contribution in [0.3, 0.4) is 0 Å². The molecule has 2 atom stereocenters. The molecule has 4 saturated carbocycles. The highest BCUT2D eigenvalue weighted by Crippen LogP contribution is 2.46. The zero-order chi connectivity index (χ0) is 94.0. The van der Waals surface area contributed by atoms with Crippen molar-refractivity contribution in [3.63, 3.8) is 0 Å². The number of benzene rings is 11. The Morgan fingerprint density at radius 3 is 1.45 bits per heavy atom. The van der Waals surface area contributed by atoms with Crippen LogP contribution in [0.2, 0.25) is 0 Å². The van der Waals surface area contributed by atoms with E-state index in [9.17, 15) is 29.1 Å². The zero-order valence-electron chi connectivity index (χ0n) is 80.2. The highest BCUT2D eigenvalue weighted by molar-refractivity contribution is 6.21. The van der Waals surface area contributed by atoms with Gasteiger partial charge in [0.1, 0.15) is 18.0 Å². The summed E-state index contributed by atoms with van der Waals surface area (Å²) in [6.07, 6.45) is 29.8. The first-order valence-electron chi connectivity index (χ1n) is 50.6. The number of anilines is 7. The summed E-state index contributed by atoms with van der Waals surface area (Å²) in [7, 11) is 0. The molecular formula is C120H135N8O8+. The normalized spacial score (nSPS) is 20.7. The van der Waals surface area contributed by atoms with E-state index in [0.717, 1.165) is 118 Å². The minimum absolute atomic E-state index is 0.0198. The number of aliphatic hydroxyl groups excluding tert-OH is 1. The van der Waals surface area contributed by atoms with Gasteiger partial charge >= 0.3 is 12.1 Å². The van der Waals surface area contributed by atoms with Crippen molar-refractivity contribution in [3.8, 4) is 39.4 Å². The summed E-state index contributed by atoms with van der Waals surface area (Å²) >= 11 is 0. The third-order valence-corrected chi connectivity index (χ3v) is 30.5. The topological polar surface area (TPSA) is 177 Å². The highest BCUT2D eigenvalue weighted by atomic mass is 16.5. The van der Waals surface area contributed by atoms with E-state index in [0.29, 0.717) is 60.1 Å². The molecule has 4 fully saturated rings. The third-order valence-electron chi connectivity index (χ3n) is 30.5. The Hall–Kier alpha value is -12.9. The molecule has 4 N–H and O–H groups in total. The van der Waals surface area contributed by atoms with Gasteiger partial charge in [-0.2, -0.15) is 4.57 Å². The van der Waals surface area contributed by atoms with Gasteiger partial charge in [0.15, 0.2) is 18.4 Å². The molecule has 5 heterocycles. The van der Waals surface area contributed by atoms with E-state index in [1.165, 1.54) is 183 Å². The molecule has 16 heteroatoms. The number of imide groups is 1. The molecule has 702 valence electrons. The number of rotatable bonds is 18. The first-order chi connectivity index (χ1) is 66.5. The van der Waals surface area contributed by atoms with Gasteiger partial charge in [-0.15, -0.1) is 0 Å². The maximum atomic E-state index is 13.1. The van der Waals surface area contributed by atoms with Crippen molar-refractivity contribution in [1.29, 1.82) is 0 Å². The number of hydrogen-bond donors (Lipinski definition) is 4. The van der Waals surface area contributed by atoms with E-state index in [1.807, 2.05) is 132 Å². The zero-order valence-corrected chi connectivity index (χ0v) is 80.2. The van der Waals surface area contributed by atoms with Crippen molar-refractivity contribution >= 4 is 69.6 Å². The number of carbonyl (C=O) groups is 5. The van der Waals surface area contributed by atoms with Crippen molar-refractivity contribution in [2.24, 2.45) is 29.6 Å². The van der Waals surface area contributed by atoms with Crippen molar-refractivity contribution in [1.82, 2.24) is 0 Å². The van der Waals surface area contributed by atoms with Crippen LogP contribution in [-0.2, 0) is 29.0 Å². The van der Waals surface area contributed by atoms with Gasteiger partial charge in [-0.3, -0.25) is 19.3 Å². The second kappa shape index (κ2) is 45.2. The van der Waals surface area contributed by atoms with Gasteiger partial charge in [0, 0.05) is 71.8 Å². The summed E-state index contributed by atoms with van der Waals surface area (Å²) < 4.78 is 13.8. The average molecular weight is 1820 g/mol. The summed E-state index contributed by atoms with van der Waals surface area (Å²) in [5.41, 5.74) is 22.3. The van der Waals surface area contributed by atoms with Gasteiger partial charge in [-0.25, -0.2) is 14.5 Å². The number of amides is 7. The van der Waals surface area contributed by atoms with Crippen LogP contribution >= 0.6 is 0 Å². The van der Waals surface area contributed by atoms with E-state index >= 15 is 0 Å². The molecule has 8 aliphatic rings. The van der Waals surface area contributed by atoms with Crippen molar-refractivity contribution < 1.29 is 43.1 Å². The Morgan fingerprint density at radius 2 is 0.919 bits per heavy atom. The molecule has 4 aliphatic heterocycles. The van der Waals surface area contributed by atoms with Crippen LogP contribution in [0.4, 0.5) is 49.4 Å². The fourth-order valence-electron chi connectivity index (χ4n) is 22.0. The molecule has 12 aromatic rings. The van der Waals surface area contributed by atoms with Gasteiger partial charge in [0.05, 0.1) is 12.2 Å². The summed E-state index contributed by atoms with van der Waals surface area (Å²) in [5.74, 6) is 7.79. The lowest BCUT2D eigenvalue weighted by Gasteiger charge is -2.32. The summed E-state index contributed by atoms with van der Waals surface area (Å²) in [5, 5.41) is 19.5. The molecule has 0 spiro atoms. The molecular weight excluding hydrogens is 1680 g/mol. The number of aliphatic hydroxyl groups is 1. The van der Waals surface area contributed by atoms with Crippen LogP contribution in [-0.4, -0.2) is 67.2 Å². The van der Waals surface area contributed by atoms with E-state index < -0.39 is 24.1 Å². The Morgan fingerprint density at radius 1 is 0.441 bits per heavy atom. The fourth-order valence-corrected chi connectivity index (χ4v) is 22.0. The predicted octanol–water partition coefficient (Wildman–Crippen LogP) is 27.9. The number of hydrogen-bond acceptors (Lipinski definition) is 9. The number of aromatic nitrogens is 1. The third kappa shape index (κ3) is 23.1. The van der Waals surface area contributed by atoms with Crippen LogP contribution in [0.25, 0.3) is 27.9 Å². The van der Waals surface area contributed by atoms with Crippen molar-refractivity contribution in [2.45, 2.75) is 225 Å². The first kappa shape index (κ1) is 94.8. The van der Waals surface area contributed by atoms with Crippen LogP contribution in [0, 0.1) is 29.6 Å². The summed E-state index contributed by atoms with van der Waals surface area (Å²) in [6, 6.07) is 93.5. The molecule has 2 unspecified atom stereocenters. The molecule has 11 aromatic carbocycles. The Labute approximate surface area is 805 Å². The van der Waals surface area contributed by atoms with E-state index in [2.05, 4.69) is 189 Å². The molecule has 7 amide bonds. The number of nitrogens with zero attached hydrogens (tertiary/aromatic N) is 5. The number of aryl methyl sites for hydroxylation is 1. The fraction of sp³-hybridized carbons (Fsp3) is 0.367. The van der Waals surface area contributed by atoms with Gasteiger partial charge < -0.3 is 40.3 Å². The molecule has 136 heavy (non-hydrogen) atoms. The van der Waals surface area contributed by atoms with Gasteiger partial charge in [-0.05, 0) is 328 Å². The lowest BCUT2D eigenvalue weighted by Crippen LogP contribution is -2.50. The second-order valence-electron chi connectivity index (χ2n) is 39.2.